The Balaban J connectivity index is 1.42. The summed E-state index contributed by atoms with van der Waals surface area (Å²) in [7, 11) is 0. The van der Waals surface area contributed by atoms with Crippen LogP contribution in [0.1, 0.15) is 31.5 Å². The van der Waals surface area contributed by atoms with Crippen LogP contribution in [0, 0.1) is 0 Å². The van der Waals surface area contributed by atoms with E-state index in [1.165, 1.54) is 0 Å². The first kappa shape index (κ1) is 17.9. The van der Waals surface area contributed by atoms with Crippen LogP contribution in [0.25, 0.3) is 11.5 Å². The van der Waals surface area contributed by atoms with E-state index in [9.17, 15) is 0 Å². The van der Waals surface area contributed by atoms with Crippen molar-refractivity contribution in [2.45, 2.75) is 44.4 Å². The molecule has 0 spiro atoms. The van der Waals surface area contributed by atoms with E-state index in [-0.39, 0.29) is 0 Å². The molecule has 0 saturated carbocycles. The molecule has 1 aromatic carbocycles. The van der Waals surface area contributed by atoms with E-state index in [2.05, 4.69) is 15.0 Å². The molecule has 0 bridgehead atoms. The summed E-state index contributed by atoms with van der Waals surface area (Å²) in [5, 5.41) is 4.85. The Morgan fingerprint density at radius 2 is 1.65 bits per heavy atom. The van der Waals surface area contributed by atoms with Gasteiger partial charge in [-0.05, 0) is 49.9 Å². The standard InChI is InChI=1S/C19H24ClN3O3/c20-15-7-5-14(6-8-15)19-21-18(22-26-19)13-23(11-16-3-1-9-24-16)12-17-4-2-10-25-17/h5-8,16-17H,1-4,9-13H2. The Kier molecular flexibility index (Phi) is 5.84. The summed E-state index contributed by atoms with van der Waals surface area (Å²) in [5.41, 5.74) is 0.873. The van der Waals surface area contributed by atoms with Gasteiger partial charge in [0.1, 0.15) is 0 Å². The number of aromatic nitrogens is 2. The third kappa shape index (κ3) is 4.62. The number of benzene rings is 1. The van der Waals surface area contributed by atoms with E-state index in [1.54, 1.807) is 0 Å². The van der Waals surface area contributed by atoms with Crippen LogP contribution in [0.2, 0.25) is 5.02 Å². The SMILES string of the molecule is Clc1ccc(-c2nc(CN(CC3CCCO3)CC3CCCO3)no2)cc1. The van der Waals surface area contributed by atoms with Gasteiger partial charge in [0.25, 0.3) is 5.89 Å². The highest BCUT2D eigenvalue weighted by atomic mass is 35.5. The van der Waals surface area contributed by atoms with Gasteiger partial charge in [0.05, 0.1) is 18.8 Å². The Bertz CT molecular complexity index is 676. The van der Waals surface area contributed by atoms with Crippen LogP contribution in [0.15, 0.2) is 28.8 Å². The predicted octanol–water partition coefficient (Wildman–Crippen LogP) is 3.55. The summed E-state index contributed by atoms with van der Waals surface area (Å²) in [6, 6.07) is 7.41. The molecule has 0 N–H and O–H groups in total. The van der Waals surface area contributed by atoms with Crippen molar-refractivity contribution in [2.75, 3.05) is 26.3 Å². The summed E-state index contributed by atoms with van der Waals surface area (Å²) in [6.45, 7) is 4.12. The maximum atomic E-state index is 5.94. The van der Waals surface area contributed by atoms with Gasteiger partial charge in [-0.25, -0.2) is 0 Å². The van der Waals surface area contributed by atoms with E-state index < -0.39 is 0 Å². The second-order valence-corrected chi connectivity index (χ2v) is 7.42. The number of hydrogen-bond acceptors (Lipinski definition) is 6. The van der Waals surface area contributed by atoms with Crippen molar-refractivity contribution in [1.29, 1.82) is 0 Å². The Morgan fingerprint density at radius 1 is 1.00 bits per heavy atom. The summed E-state index contributed by atoms with van der Waals surface area (Å²) in [6.07, 6.45) is 5.09. The van der Waals surface area contributed by atoms with E-state index >= 15 is 0 Å². The molecule has 26 heavy (non-hydrogen) atoms. The van der Waals surface area contributed by atoms with Crippen molar-refractivity contribution in [3.63, 3.8) is 0 Å². The monoisotopic (exact) mass is 377 g/mol. The zero-order chi connectivity index (χ0) is 17.8. The van der Waals surface area contributed by atoms with E-state index in [0.29, 0.717) is 35.5 Å². The van der Waals surface area contributed by atoms with Crippen LogP contribution in [0.5, 0.6) is 0 Å². The molecule has 0 aliphatic carbocycles. The molecule has 2 atom stereocenters. The van der Waals surface area contributed by atoms with Crippen molar-refractivity contribution in [3.05, 3.63) is 35.1 Å². The number of nitrogens with zero attached hydrogens (tertiary/aromatic N) is 3. The minimum atomic E-state index is 0.291. The molecule has 2 saturated heterocycles. The van der Waals surface area contributed by atoms with Gasteiger partial charge in [-0.2, -0.15) is 4.98 Å². The van der Waals surface area contributed by atoms with Crippen molar-refractivity contribution in [2.24, 2.45) is 0 Å². The van der Waals surface area contributed by atoms with Crippen molar-refractivity contribution in [3.8, 4) is 11.5 Å². The number of ether oxygens (including phenoxy) is 2. The maximum Gasteiger partial charge on any atom is 0.257 e. The first-order chi connectivity index (χ1) is 12.8. The van der Waals surface area contributed by atoms with Crippen LogP contribution in [0.3, 0.4) is 0 Å². The van der Waals surface area contributed by atoms with E-state index in [1.807, 2.05) is 24.3 Å². The van der Waals surface area contributed by atoms with E-state index in [4.69, 9.17) is 25.6 Å². The molecule has 2 aliphatic rings. The highest BCUT2D eigenvalue weighted by Crippen LogP contribution is 2.22. The lowest BCUT2D eigenvalue weighted by Gasteiger charge is -2.26. The van der Waals surface area contributed by atoms with E-state index in [0.717, 1.165) is 57.6 Å². The van der Waals surface area contributed by atoms with Crippen molar-refractivity contribution < 1.29 is 14.0 Å². The van der Waals surface area contributed by atoms with Crippen LogP contribution < -0.4 is 0 Å². The normalized spacial score (nSPS) is 23.2. The predicted molar refractivity (Wildman–Crippen MR) is 98.0 cm³/mol. The van der Waals surface area contributed by atoms with Crippen LogP contribution >= 0.6 is 11.6 Å². The fraction of sp³-hybridized carbons (Fsp3) is 0.579. The topological polar surface area (TPSA) is 60.6 Å². The number of hydrogen-bond donors (Lipinski definition) is 0. The summed E-state index contributed by atoms with van der Waals surface area (Å²) in [4.78, 5) is 6.89. The molecular weight excluding hydrogens is 354 g/mol. The molecule has 2 aliphatic heterocycles. The van der Waals surface area contributed by atoms with Gasteiger partial charge in [0.2, 0.25) is 0 Å². The van der Waals surface area contributed by atoms with Gasteiger partial charge in [0, 0.05) is 36.9 Å². The molecule has 2 unspecified atom stereocenters. The fourth-order valence-corrected chi connectivity index (χ4v) is 3.71. The maximum absolute atomic E-state index is 5.94. The molecule has 6 nitrogen and oxygen atoms in total. The Labute approximate surface area is 158 Å². The van der Waals surface area contributed by atoms with Gasteiger partial charge in [-0.1, -0.05) is 16.8 Å². The number of halogens is 1. The largest absolute Gasteiger partial charge is 0.377 e. The van der Waals surface area contributed by atoms with Gasteiger partial charge in [-0.3, -0.25) is 4.90 Å². The number of rotatable bonds is 7. The summed E-state index contributed by atoms with van der Waals surface area (Å²) < 4.78 is 17.1. The Morgan fingerprint density at radius 3 is 2.23 bits per heavy atom. The van der Waals surface area contributed by atoms with Gasteiger partial charge in [-0.15, -0.1) is 0 Å². The molecule has 2 aromatic rings. The molecular formula is C19H24ClN3O3. The summed E-state index contributed by atoms with van der Waals surface area (Å²) in [5.74, 6) is 1.21. The molecule has 0 radical (unpaired) electrons. The first-order valence-corrected chi connectivity index (χ1v) is 9.68. The van der Waals surface area contributed by atoms with Gasteiger partial charge < -0.3 is 14.0 Å². The van der Waals surface area contributed by atoms with Crippen LogP contribution in [-0.2, 0) is 16.0 Å². The fourth-order valence-electron chi connectivity index (χ4n) is 3.58. The lowest BCUT2D eigenvalue weighted by molar-refractivity contribution is 0.0334. The molecule has 1 aromatic heterocycles. The second kappa shape index (κ2) is 8.48. The molecule has 4 rings (SSSR count). The lowest BCUT2D eigenvalue weighted by atomic mass is 10.2. The summed E-state index contributed by atoms with van der Waals surface area (Å²) >= 11 is 5.94. The molecule has 140 valence electrons. The average molecular weight is 378 g/mol. The van der Waals surface area contributed by atoms with Gasteiger partial charge in [0.15, 0.2) is 5.82 Å². The van der Waals surface area contributed by atoms with Crippen LogP contribution in [0.4, 0.5) is 0 Å². The highest BCUT2D eigenvalue weighted by Gasteiger charge is 2.25. The smallest absolute Gasteiger partial charge is 0.257 e. The second-order valence-electron chi connectivity index (χ2n) is 6.99. The lowest BCUT2D eigenvalue weighted by Crippen LogP contribution is -2.37. The van der Waals surface area contributed by atoms with Crippen LogP contribution in [-0.4, -0.2) is 53.6 Å². The minimum Gasteiger partial charge on any atom is -0.377 e. The van der Waals surface area contributed by atoms with Gasteiger partial charge >= 0.3 is 0 Å². The molecule has 3 heterocycles. The zero-order valence-electron chi connectivity index (χ0n) is 14.8. The average Bonchev–Trinajstić information content (AvgIpc) is 3.38. The quantitative estimate of drug-likeness (QED) is 0.735. The third-order valence-electron chi connectivity index (χ3n) is 4.90. The molecule has 0 amide bonds. The molecule has 7 heteroatoms. The third-order valence-corrected chi connectivity index (χ3v) is 5.15. The first-order valence-electron chi connectivity index (χ1n) is 9.30. The van der Waals surface area contributed by atoms with Crippen molar-refractivity contribution >= 4 is 11.6 Å². The minimum absolute atomic E-state index is 0.291. The highest BCUT2D eigenvalue weighted by molar-refractivity contribution is 6.30. The van der Waals surface area contributed by atoms with Crippen molar-refractivity contribution in [1.82, 2.24) is 15.0 Å². The molecule has 2 fully saturated rings. The Hall–Kier alpha value is -1.47. The zero-order valence-corrected chi connectivity index (χ0v) is 15.5.